The van der Waals surface area contributed by atoms with Gasteiger partial charge < -0.3 is 20.9 Å². The molecular formula is C10H18N2O5S2. The quantitative estimate of drug-likeness (QED) is 0.443. The third-order valence-electron chi connectivity index (χ3n) is 2.12. The highest BCUT2D eigenvalue weighted by Crippen LogP contribution is 2.29. The maximum absolute atomic E-state index is 11.4. The van der Waals surface area contributed by atoms with Crippen molar-refractivity contribution in [1.82, 2.24) is 0 Å². The minimum atomic E-state index is -1.05. The van der Waals surface area contributed by atoms with Crippen LogP contribution in [0.5, 0.6) is 0 Å². The first-order valence-corrected chi connectivity index (χ1v) is 7.68. The Kier molecular flexibility index (Phi) is 8.81. The van der Waals surface area contributed by atoms with E-state index in [-0.39, 0.29) is 11.5 Å². The van der Waals surface area contributed by atoms with Crippen LogP contribution in [0.4, 0.5) is 0 Å². The minimum absolute atomic E-state index is 0.245. The van der Waals surface area contributed by atoms with Crippen LogP contribution in [-0.4, -0.2) is 55.0 Å². The fraction of sp³-hybridized carbons (Fsp3) is 0.700. The lowest BCUT2D eigenvalue weighted by Gasteiger charge is -2.18. The lowest BCUT2D eigenvalue weighted by molar-refractivity contribution is -0.143. The van der Waals surface area contributed by atoms with E-state index in [9.17, 15) is 14.4 Å². The second kappa shape index (κ2) is 9.18. The zero-order chi connectivity index (χ0) is 15.0. The molecule has 0 amide bonds. The van der Waals surface area contributed by atoms with Crippen LogP contribution in [0.1, 0.15) is 6.92 Å². The average Bonchev–Trinajstić information content (AvgIpc) is 2.40. The third kappa shape index (κ3) is 6.28. The van der Waals surface area contributed by atoms with Crippen molar-refractivity contribution in [2.45, 2.75) is 24.3 Å². The molecule has 0 bridgehead atoms. The van der Waals surface area contributed by atoms with Crippen LogP contribution in [-0.2, 0) is 23.9 Å². The molecule has 0 rings (SSSR count). The molecule has 0 fully saturated rings. The zero-order valence-electron chi connectivity index (χ0n) is 11.0. The molecule has 0 spiro atoms. The summed E-state index contributed by atoms with van der Waals surface area (Å²) in [5.74, 6) is -1.20. The summed E-state index contributed by atoms with van der Waals surface area (Å²) in [5, 5.41) is -0.748. The lowest BCUT2D eigenvalue weighted by Crippen LogP contribution is -2.44. The van der Waals surface area contributed by atoms with Crippen LogP contribution < -0.4 is 11.5 Å². The van der Waals surface area contributed by atoms with Crippen molar-refractivity contribution < 1.29 is 23.9 Å². The number of hydrogen-bond acceptors (Lipinski definition) is 9. The zero-order valence-corrected chi connectivity index (χ0v) is 12.6. The maximum atomic E-state index is 11.4. The smallest absolute Gasteiger partial charge is 0.324 e. The van der Waals surface area contributed by atoms with Gasteiger partial charge in [-0.2, -0.15) is 0 Å². The van der Waals surface area contributed by atoms with Crippen LogP contribution in [0.2, 0.25) is 0 Å². The minimum Gasteiger partial charge on any atom is -0.468 e. The number of ketones is 1. The van der Waals surface area contributed by atoms with Crippen molar-refractivity contribution in [2.24, 2.45) is 11.5 Å². The molecule has 0 aromatic rings. The van der Waals surface area contributed by atoms with Gasteiger partial charge in [-0.1, -0.05) is 21.6 Å². The van der Waals surface area contributed by atoms with Gasteiger partial charge in [-0.3, -0.25) is 14.4 Å². The average molecular weight is 310 g/mol. The Morgan fingerprint density at radius 3 is 2.05 bits per heavy atom. The molecule has 19 heavy (non-hydrogen) atoms. The van der Waals surface area contributed by atoms with Crippen LogP contribution in [0.3, 0.4) is 0 Å². The fourth-order valence-electron chi connectivity index (χ4n) is 1.05. The number of hydrogen-bond donors (Lipinski definition) is 2. The molecule has 0 saturated carbocycles. The predicted molar refractivity (Wildman–Crippen MR) is 74.5 cm³/mol. The summed E-state index contributed by atoms with van der Waals surface area (Å²) in [6.07, 6.45) is 0. The largest absolute Gasteiger partial charge is 0.468 e. The van der Waals surface area contributed by atoms with Gasteiger partial charge in [-0.15, -0.1) is 0 Å². The van der Waals surface area contributed by atoms with E-state index >= 15 is 0 Å². The second-order valence-electron chi connectivity index (χ2n) is 3.59. The Morgan fingerprint density at radius 1 is 1.11 bits per heavy atom. The van der Waals surface area contributed by atoms with Crippen molar-refractivity contribution in [3.63, 3.8) is 0 Å². The van der Waals surface area contributed by atoms with Gasteiger partial charge in [0.05, 0.1) is 19.5 Å². The number of carbonyl (C=O) groups is 3. The Morgan fingerprint density at radius 2 is 1.63 bits per heavy atom. The SMILES string of the molecule is COC(=O)C(N)CSSC(C(C)=O)C(N)C(=O)OC. The van der Waals surface area contributed by atoms with Gasteiger partial charge >= 0.3 is 11.9 Å². The van der Waals surface area contributed by atoms with E-state index in [4.69, 9.17) is 11.5 Å². The third-order valence-corrected chi connectivity index (χ3v) is 5.03. The Balaban J connectivity index is 4.35. The van der Waals surface area contributed by atoms with Gasteiger partial charge in [0.25, 0.3) is 0 Å². The summed E-state index contributed by atoms with van der Waals surface area (Å²) in [7, 11) is 4.71. The summed E-state index contributed by atoms with van der Waals surface area (Å²) >= 11 is 0. The van der Waals surface area contributed by atoms with E-state index in [1.54, 1.807) is 0 Å². The molecule has 110 valence electrons. The summed E-state index contributed by atoms with van der Waals surface area (Å²) in [4.78, 5) is 33.8. The van der Waals surface area contributed by atoms with Crippen molar-refractivity contribution in [2.75, 3.05) is 20.0 Å². The van der Waals surface area contributed by atoms with E-state index in [2.05, 4.69) is 9.47 Å². The fourth-order valence-corrected chi connectivity index (χ4v) is 3.80. The van der Waals surface area contributed by atoms with E-state index in [0.717, 1.165) is 10.8 Å². The number of rotatable bonds is 8. The topological polar surface area (TPSA) is 122 Å². The number of esters is 2. The normalized spacial score (nSPS) is 15.2. The number of ether oxygens (including phenoxy) is 2. The van der Waals surface area contributed by atoms with Crippen molar-refractivity contribution >= 4 is 39.3 Å². The lowest BCUT2D eigenvalue weighted by atomic mass is 10.1. The van der Waals surface area contributed by atoms with Crippen molar-refractivity contribution in [1.29, 1.82) is 0 Å². The summed E-state index contributed by atoms with van der Waals surface area (Å²) in [5.41, 5.74) is 11.2. The van der Waals surface area contributed by atoms with Gasteiger partial charge in [-0.25, -0.2) is 0 Å². The number of nitrogens with two attached hydrogens (primary N) is 2. The van der Waals surface area contributed by atoms with Gasteiger partial charge in [0.1, 0.15) is 17.9 Å². The van der Waals surface area contributed by atoms with E-state index in [1.807, 2.05) is 0 Å². The van der Waals surface area contributed by atoms with Crippen LogP contribution in [0.25, 0.3) is 0 Å². The molecule has 9 heteroatoms. The highest BCUT2D eigenvalue weighted by molar-refractivity contribution is 8.77. The Bertz CT molecular complexity index is 340. The molecule has 0 heterocycles. The molecule has 4 N–H and O–H groups in total. The molecular weight excluding hydrogens is 292 g/mol. The first-order chi connectivity index (χ1) is 8.84. The maximum Gasteiger partial charge on any atom is 0.324 e. The van der Waals surface area contributed by atoms with Crippen LogP contribution in [0, 0.1) is 0 Å². The molecule has 0 saturated heterocycles. The summed E-state index contributed by atoms with van der Waals surface area (Å²) in [6.45, 7) is 1.33. The van der Waals surface area contributed by atoms with Gasteiger partial charge in [0, 0.05) is 5.75 Å². The molecule has 0 aliphatic carbocycles. The molecule has 3 atom stereocenters. The van der Waals surface area contributed by atoms with Gasteiger partial charge in [0.2, 0.25) is 0 Å². The van der Waals surface area contributed by atoms with Gasteiger partial charge in [0.15, 0.2) is 0 Å². The first-order valence-electron chi connectivity index (χ1n) is 5.30. The van der Waals surface area contributed by atoms with Gasteiger partial charge in [-0.05, 0) is 6.92 Å². The molecule has 0 aliphatic rings. The molecule has 3 unspecified atom stereocenters. The summed E-state index contributed by atoms with van der Waals surface area (Å²) < 4.78 is 8.96. The van der Waals surface area contributed by atoms with Crippen molar-refractivity contribution in [3.8, 4) is 0 Å². The predicted octanol–water partition coefficient (Wildman–Crippen LogP) is -0.674. The molecule has 0 aromatic heterocycles. The monoisotopic (exact) mass is 310 g/mol. The molecule has 0 aromatic carbocycles. The highest BCUT2D eigenvalue weighted by Gasteiger charge is 2.30. The van der Waals surface area contributed by atoms with Crippen LogP contribution >= 0.6 is 21.6 Å². The number of methoxy groups -OCH3 is 2. The molecule has 7 nitrogen and oxygen atoms in total. The second-order valence-corrected chi connectivity index (χ2v) is 6.14. The number of Topliss-reactive ketones (excluding diaryl/α,β-unsaturated/α-hetero) is 1. The van der Waals surface area contributed by atoms with E-state index in [1.165, 1.54) is 31.9 Å². The number of carbonyl (C=O) groups excluding carboxylic acids is 3. The Labute approximate surface area is 119 Å². The highest BCUT2D eigenvalue weighted by atomic mass is 33.1. The molecule has 0 aliphatic heterocycles. The van der Waals surface area contributed by atoms with Crippen LogP contribution in [0.15, 0.2) is 0 Å². The first kappa shape index (κ1) is 18.2. The van der Waals surface area contributed by atoms with E-state index in [0.29, 0.717) is 0 Å². The summed E-state index contributed by atoms with van der Waals surface area (Å²) in [6, 6.07) is -1.83. The Hall–Kier alpha value is -0.770. The molecule has 0 radical (unpaired) electrons. The van der Waals surface area contributed by atoms with Crippen molar-refractivity contribution in [3.05, 3.63) is 0 Å². The standard InChI is InChI=1S/C10H18N2O5S2/c1-5(13)8(7(12)10(15)17-3)19-18-4-6(11)9(14)16-2/h6-8H,4,11-12H2,1-3H3. The van der Waals surface area contributed by atoms with E-state index < -0.39 is 29.3 Å².